The van der Waals surface area contributed by atoms with Gasteiger partial charge in [0, 0.05) is 39.8 Å². The molecule has 3 fully saturated rings. The lowest BCUT2D eigenvalue weighted by Gasteiger charge is -2.38. The van der Waals surface area contributed by atoms with E-state index in [2.05, 4.69) is 20.1 Å². The predicted octanol–water partition coefficient (Wildman–Crippen LogP) is 2.17. The van der Waals surface area contributed by atoms with Gasteiger partial charge in [-0.3, -0.25) is 9.89 Å². The summed E-state index contributed by atoms with van der Waals surface area (Å²) in [7, 11) is 1.92. The van der Waals surface area contributed by atoms with E-state index in [0.717, 1.165) is 38.8 Å². The summed E-state index contributed by atoms with van der Waals surface area (Å²) in [6.45, 7) is 8.67. The van der Waals surface area contributed by atoms with Gasteiger partial charge in [0.1, 0.15) is 0 Å². The molecule has 3 aliphatic rings. The zero-order valence-corrected chi connectivity index (χ0v) is 16.9. The van der Waals surface area contributed by atoms with Gasteiger partial charge in [-0.1, -0.05) is 6.42 Å². The van der Waals surface area contributed by atoms with Crippen LogP contribution in [-0.4, -0.2) is 75.3 Å². The summed E-state index contributed by atoms with van der Waals surface area (Å²) in [5.74, 6) is 1.12. The molecule has 1 aliphatic carbocycles. The van der Waals surface area contributed by atoms with Crippen molar-refractivity contribution < 1.29 is 4.74 Å². The van der Waals surface area contributed by atoms with Crippen LogP contribution in [0.15, 0.2) is 4.99 Å². The average molecular weight is 436 g/mol. The number of likely N-dealkylation sites (tertiary alicyclic amines) is 1. The Morgan fingerprint density at radius 2 is 1.91 bits per heavy atom. The summed E-state index contributed by atoms with van der Waals surface area (Å²) in [6.07, 6.45) is 8.13. The molecule has 0 aromatic heterocycles. The van der Waals surface area contributed by atoms with Crippen LogP contribution in [-0.2, 0) is 4.74 Å². The molecular formula is C17H33IN4O. The number of nitrogens with zero attached hydrogens (tertiary/aromatic N) is 3. The number of halogens is 1. The second-order valence-electron chi connectivity index (χ2n) is 7.16. The monoisotopic (exact) mass is 436 g/mol. The first-order chi connectivity index (χ1) is 10.8. The van der Waals surface area contributed by atoms with Crippen LogP contribution in [0.4, 0.5) is 0 Å². The molecule has 5 nitrogen and oxygen atoms in total. The van der Waals surface area contributed by atoms with Crippen molar-refractivity contribution in [3.63, 3.8) is 0 Å². The lowest BCUT2D eigenvalue weighted by Crippen LogP contribution is -2.43. The number of nitrogens with one attached hydrogen (secondary N) is 1. The minimum absolute atomic E-state index is 0. The van der Waals surface area contributed by atoms with Crippen LogP contribution < -0.4 is 5.32 Å². The van der Waals surface area contributed by atoms with Crippen LogP contribution in [0.5, 0.6) is 0 Å². The highest BCUT2D eigenvalue weighted by Gasteiger charge is 2.43. The summed E-state index contributed by atoms with van der Waals surface area (Å²) in [5, 5.41) is 3.57. The number of unbranched alkanes of at least 4 members (excludes halogenated alkanes) is 1. The Labute approximate surface area is 158 Å². The zero-order valence-electron chi connectivity index (χ0n) is 14.6. The fourth-order valence-electron chi connectivity index (χ4n) is 4.02. The van der Waals surface area contributed by atoms with E-state index in [1.54, 1.807) is 0 Å². The molecule has 1 saturated carbocycles. The fraction of sp³-hybridized carbons (Fsp3) is 0.941. The highest BCUT2D eigenvalue weighted by atomic mass is 127. The highest BCUT2D eigenvalue weighted by molar-refractivity contribution is 14.0. The Kier molecular flexibility index (Phi) is 7.88. The number of guanidine groups is 1. The Balaban J connectivity index is 0.00000192. The smallest absolute Gasteiger partial charge is 0.193 e. The van der Waals surface area contributed by atoms with Crippen molar-refractivity contribution in [2.24, 2.45) is 10.4 Å². The van der Waals surface area contributed by atoms with Gasteiger partial charge in [-0.15, -0.1) is 24.0 Å². The number of ether oxygens (including phenoxy) is 1. The lowest BCUT2D eigenvalue weighted by molar-refractivity contribution is 0.0372. The predicted molar refractivity (Wildman–Crippen MR) is 106 cm³/mol. The molecule has 0 unspecified atom stereocenters. The number of aliphatic imine (C=N–C) groups is 1. The topological polar surface area (TPSA) is 40.1 Å². The normalized spacial score (nSPS) is 24.4. The van der Waals surface area contributed by atoms with E-state index in [-0.39, 0.29) is 24.0 Å². The lowest BCUT2D eigenvalue weighted by atomic mass is 9.68. The Morgan fingerprint density at radius 3 is 2.52 bits per heavy atom. The van der Waals surface area contributed by atoms with E-state index in [4.69, 9.17) is 4.74 Å². The van der Waals surface area contributed by atoms with E-state index in [1.165, 1.54) is 58.2 Å². The fourth-order valence-corrected chi connectivity index (χ4v) is 4.02. The highest BCUT2D eigenvalue weighted by Crippen LogP contribution is 2.47. The number of rotatable bonds is 5. The van der Waals surface area contributed by atoms with Gasteiger partial charge in [-0.25, -0.2) is 0 Å². The maximum Gasteiger partial charge on any atom is 0.193 e. The maximum atomic E-state index is 5.39. The van der Waals surface area contributed by atoms with Crippen molar-refractivity contribution in [1.82, 2.24) is 15.1 Å². The third kappa shape index (κ3) is 5.19. The van der Waals surface area contributed by atoms with Gasteiger partial charge in [-0.2, -0.15) is 0 Å². The van der Waals surface area contributed by atoms with Crippen LogP contribution in [0.3, 0.4) is 0 Å². The molecule has 0 amide bonds. The van der Waals surface area contributed by atoms with Crippen LogP contribution in [0.1, 0.15) is 38.5 Å². The number of morpholine rings is 1. The van der Waals surface area contributed by atoms with Crippen LogP contribution in [0, 0.1) is 5.41 Å². The maximum absolute atomic E-state index is 5.39. The van der Waals surface area contributed by atoms with Crippen LogP contribution in [0.2, 0.25) is 0 Å². The van der Waals surface area contributed by atoms with Crippen molar-refractivity contribution in [1.29, 1.82) is 0 Å². The van der Waals surface area contributed by atoms with Gasteiger partial charge < -0.3 is 15.0 Å². The Morgan fingerprint density at radius 1 is 1.13 bits per heavy atom. The third-order valence-electron chi connectivity index (χ3n) is 5.65. The molecule has 2 saturated heterocycles. The molecule has 2 heterocycles. The zero-order chi connectivity index (χ0) is 15.3. The van der Waals surface area contributed by atoms with Crippen LogP contribution >= 0.6 is 24.0 Å². The van der Waals surface area contributed by atoms with Gasteiger partial charge in [0.2, 0.25) is 0 Å². The second kappa shape index (κ2) is 9.42. The molecule has 2 aliphatic heterocycles. The largest absolute Gasteiger partial charge is 0.379 e. The molecule has 23 heavy (non-hydrogen) atoms. The molecule has 0 radical (unpaired) electrons. The van der Waals surface area contributed by atoms with E-state index >= 15 is 0 Å². The standard InChI is InChI=1S/C17H32N4O.HI/c1-18-16(21-10-7-17(15-21)5-4-6-17)19-8-2-3-9-20-11-13-22-14-12-20;/h2-15H2,1H3,(H,18,19);1H. The van der Waals surface area contributed by atoms with Gasteiger partial charge >= 0.3 is 0 Å². The first-order valence-corrected chi connectivity index (χ1v) is 9.07. The van der Waals surface area contributed by atoms with Crippen LogP contribution in [0.25, 0.3) is 0 Å². The number of hydrogen-bond donors (Lipinski definition) is 1. The molecule has 1 spiro atoms. The summed E-state index contributed by atoms with van der Waals surface area (Å²) in [5.41, 5.74) is 0.647. The third-order valence-corrected chi connectivity index (χ3v) is 5.65. The van der Waals surface area contributed by atoms with E-state index in [9.17, 15) is 0 Å². The molecular weight excluding hydrogens is 403 g/mol. The van der Waals surface area contributed by atoms with Gasteiger partial charge in [0.15, 0.2) is 5.96 Å². The molecule has 6 heteroatoms. The van der Waals surface area contributed by atoms with Crippen molar-refractivity contribution >= 4 is 29.9 Å². The van der Waals surface area contributed by atoms with Crippen molar-refractivity contribution in [2.45, 2.75) is 38.5 Å². The van der Waals surface area contributed by atoms with E-state index in [1.807, 2.05) is 7.05 Å². The molecule has 134 valence electrons. The minimum atomic E-state index is 0. The van der Waals surface area contributed by atoms with Gasteiger partial charge in [0.05, 0.1) is 13.2 Å². The minimum Gasteiger partial charge on any atom is -0.379 e. The second-order valence-corrected chi connectivity index (χ2v) is 7.16. The molecule has 3 rings (SSSR count). The molecule has 0 aromatic rings. The summed E-state index contributed by atoms with van der Waals surface area (Å²) in [6, 6.07) is 0. The number of hydrogen-bond acceptors (Lipinski definition) is 3. The van der Waals surface area contributed by atoms with Crippen molar-refractivity contribution in [3.8, 4) is 0 Å². The first kappa shape index (κ1) is 19.2. The Hall–Kier alpha value is -0.0800. The SMILES string of the molecule is CN=C(NCCCCN1CCOCC1)N1CCC2(CCC2)C1.I. The summed E-state index contributed by atoms with van der Waals surface area (Å²) >= 11 is 0. The molecule has 0 aromatic carbocycles. The Bertz CT molecular complexity index is 381. The van der Waals surface area contributed by atoms with E-state index in [0.29, 0.717) is 5.41 Å². The van der Waals surface area contributed by atoms with Crippen molar-refractivity contribution in [2.75, 3.05) is 59.5 Å². The first-order valence-electron chi connectivity index (χ1n) is 9.07. The molecule has 0 atom stereocenters. The van der Waals surface area contributed by atoms with Gasteiger partial charge in [0.25, 0.3) is 0 Å². The molecule has 0 bridgehead atoms. The quantitative estimate of drug-likeness (QED) is 0.311. The average Bonchev–Trinajstić information content (AvgIpc) is 2.97. The van der Waals surface area contributed by atoms with Gasteiger partial charge in [-0.05, 0) is 44.1 Å². The summed E-state index contributed by atoms with van der Waals surface area (Å²) in [4.78, 5) is 9.47. The van der Waals surface area contributed by atoms with Crippen molar-refractivity contribution in [3.05, 3.63) is 0 Å². The molecule has 1 N–H and O–H groups in total. The van der Waals surface area contributed by atoms with E-state index < -0.39 is 0 Å². The summed E-state index contributed by atoms with van der Waals surface area (Å²) < 4.78 is 5.39.